The molecule has 1 unspecified atom stereocenters. The number of nitrogens with zero attached hydrogens (tertiary/aromatic N) is 2. The van der Waals surface area contributed by atoms with Crippen LogP contribution < -0.4 is 5.32 Å². The molecule has 78 valence electrons. The lowest BCUT2D eigenvalue weighted by molar-refractivity contribution is 0.602. The van der Waals surface area contributed by atoms with Gasteiger partial charge in [-0.3, -0.25) is 4.68 Å². The zero-order valence-electron chi connectivity index (χ0n) is 9.08. The van der Waals surface area contributed by atoms with Gasteiger partial charge in [-0.1, -0.05) is 13.3 Å². The minimum absolute atomic E-state index is 0.506. The van der Waals surface area contributed by atoms with Crippen molar-refractivity contribution in [3.63, 3.8) is 0 Å². The molecule has 0 amide bonds. The number of hydrogen-bond acceptors (Lipinski definition) is 2. The van der Waals surface area contributed by atoms with E-state index in [1.165, 1.54) is 30.7 Å². The molecule has 0 aliphatic carbocycles. The summed E-state index contributed by atoms with van der Waals surface area (Å²) in [6.07, 6.45) is 4.85. The van der Waals surface area contributed by atoms with Crippen molar-refractivity contribution in [3.8, 4) is 0 Å². The van der Waals surface area contributed by atoms with Gasteiger partial charge in [-0.25, -0.2) is 0 Å². The first-order chi connectivity index (χ1) is 6.81. The van der Waals surface area contributed by atoms with Crippen LogP contribution >= 0.6 is 0 Å². The lowest BCUT2D eigenvalue weighted by Gasteiger charge is -2.04. The van der Waals surface area contributed by atoms with Crippen molar-refractivity contribution in [2.45, 2.75) is 38.6 Å². The second-order valence-corrected chi connectivity index (χ2v) is 4.08. The van der Waals surface area contributed by atoms with Gasteiger partial charge in [0.1, 0.15) is 0 Å². The van der Waals surface area contributed by atoms with Crippen LogP contribution in [0.1, 0.15) is 43.6 Å². The average Bonchev–Trinajstić information content (AvgIpc) is 2.76. The van der Waals surface area contributed by atoms with Crippen LogP contribution in [0.5, 0.6) is 0 Å². The van der Waals surface area contributed by atoms with Gasteiger partial charge < -0.3 is 5.32 Å². The number of rotatable bonds is 3. The Bertz CT molecular complexity index is 297. The molecule has 1 aromatic heterocycles. The molecule has 1 aliphatic rings. The van der Waals surface area contributed by atoms with Crippen LogP contribution in [0.4, 0.5) is 0 Å². The fourth-order valence-corrected chi connectivity index (χ4v) is 2.13. The fourth-order valence-electron chi connectivity index (χ4n) is 2.13. The maximum Gasteiger partial charge on any atom is 0.0796 e. The summed E-state index contributed by atoms with van der Waals surface area (Å²) in [5.41, 5.74) is 2.59. The van der Waals surface area contributed by atoms with E-state index in [9.17, 15) is 0 Å². The first-order valence-corrected chi connectivity index (χ1v) is 5.57. The standard InChI is InChI=1S/C11H19N3/c1-3-5-9-8-11(13-14(9)2)10-6-4-7-12-10/h8,10,12H,3-7H2,1-2H3. The van der Waals surface area contributed by atoms with Gasteiger partial charge in [-0.2, -0.15) is 5.10 Å². The first-order valence-electron chi connectivity index (χ1n) is 5.57. The first kappa shape index (κ1) is 9.71. The van der Waals surface area contributed by atoms with Crippen LogP contribution in [0.3, 0.4) is 0 Å². The van der Waals surface area contributed by atoms with Crippen molar-refractivity contribution in [2.75, 3.05) is 6.54 Å². The molecule has 3 heteroatoms. The van der Waals surface area contributed by atoms with Crippen LogP contribution in [0, 0.1) is 0 Å². The Hall–Kier alpha value is -0.830. The highest BCUT2D eigenvalue weighted by molar-refractivity contribution is 5.15. The van der Waals surface area contributed by atoms with Gasteiger partial charge in [-0.05, 0) is 31.9 Å². The summed E-state index contributed by atoms with van der Waals surface area (Å²) >= 11 is 0. The van der Waals surface area contributed by atoms with E-state index in [1.807, 2.05) is 11.7 Å². The van der Waals surface area contributed by atoms with Crippen molar-refractivity contribution in [2.24, 2.45) is 7.05 Å². The largest absolute Gasteiger partial charge is 0.309 e. The second-order valence-electron chi connectivity index (χ2n) is 4.08. The Labute approximate surface area is 85.5 Å². The Morgan fingerprint density at radius 3 is 3.14 bits per heavy atom. The Balaban J connectivity index is 2.14. The van der Waals surface area contributed by atoms with Crippen molar-refractivity contribution in [1.29, 1.82) is 0 Å². The van der Waals surface area contributed by atoms with Crippen molar-refractivity contribution < 1.29 is 0 Å². The minimum atomic E-state index is 0.506. The predicted molar refractivity (Wildman–Crippen MR) is 57.2 cm³/mol. The molecule has 1 aromatic rings. The summed E-state index contributed by atoms with van der Waals surface area (Å²) < 4.78 is 2.03. The molecule has 0 radical (unpaired) electrons. The summed E-state index contributed by atoms with van der Waals surface area (Å²) in [5.74, 6) is 0. The van der Waals surface area contributed by atoms with Crippen molar-refractivity contribution in [1.82, 2.24) is 15.1 Å². The van der Waals surface area contributed by atoms with Crippen molar-refractivity contribution >= 4 is 0 Å². The lowest BCUT2D eigenvalue weighted by Crippen LogP contribution is -2.13. The molecule has 14 heavy (non-hydrogen) atoms. The zero-order valence-corrected chi connectivity index (χ0v) is 9.08. The maximum atomic E-state index is 4.57. The Morgan fingerprint density at radius 2 is 2.50 bits per heavy atom. The zero-order chi connectivity index (χ0) is 9.97. The number of aromatic nitrogens is 2. The number of aryl methyl sites for hydroxylation is 2. The second kappa shape index (κ2) is 4.13. The van der Waals surface area contributed by atoms with E-state index >= 15 is 0 Å². The summed E-state index contributed by atoms with van der Waals surface area (Å²) in [7, 11) is 2.05. The van der Waals surface area contributed by atoms with Crippen LogP contribution in [-0.4, -0.2) is 16.3 Å². The van der Waals surface area contributed by atoms with Gasteiger partial charge in [0.2, 0.25) is 0 Å². The topological polar surface area (TPSA) is 29.9 Å². The smallest absolute Gasteiger partial charge is 0.0796 e. The molecule has 0 spiro atoms. The molecule has 2 heterocycles. The number of nitrogens with one attached hydrogen (secondary N) is 1. The van der Waals surface area contributed by atoms with E-state index in [0.717, 1.165) is 13.0 Å². The molecule has 0 bridgehead atoms. The quantitative estimate of drug-likeness (QED) is 0.793. The SMILES string of the molecule is CCCc1cc(C2CCCN2)nn1C. The third-order valence-corrected chi connectivity index (χ3v) is 2.92. The summed E-state index contributed by atoms with van der Waals surface area (Å²) in [5, 5.41) is 8.05. The van der Waals surface area contributed by atoms with E-state index in [1.54, 1.807) is 0 Å². The molecule has 2 rings (SSSR count). The van der Waals surface area contributed by atoms with Crippen LogP contribution in [-0.2, 0) is 13.5 Å². The van der Waals surface area contributed by atoms with Crippen molar-refractivity contribution in [3.05, 3.63) is 17.5 Å². The van der Waals surface area contributed by atoms with Gasteiger partial charge in [0.25, 0.3) is 0 Å². The summed E-state index contributed by atoms with van der Waals surface area (Å²) in [6.45, 7) is 3.35. The van der Waals surface area contributed by atoms with Crippen LogP contribution in [0.15, 0.2) is 6.07 Å². The highest BCUT2D eigenvalue weighted by atomic mass is 15.3. The molecule has 0 saturated carbocycles. The summed E-state index contributed by atoms with van der Waals surface area (Å²) in [4.78, 5) is 0. The highest BCUT2D eigenvalue weighted by Gasteiger charge is 2.19. The molecule has 3 nitrogen and oxygen atoms in total. The van der Waals surface area contributed by atoms with Gasteiger partial charge in [0.05, 0.1) is 11.7 Å². The van der Waals surface area contributed by atoms with Gasteiger partial charge in [0.15, 0.2) is 0 Å². The lowest BCUT2D eigenvalue weighted by atomic mass is 10.1. The van der Waals surface area contributed by atoms with E-state index in [0.29, 0.717) is 6.04 Å². The normalized spacial score (nSPS) is 21.7. The molecule has 1 atom stereocenters. The Morgan fingerprint density at radius 1 is 1.64 bits per heavy atom. The van der Waals surface area contributed by atoms with E-state index in [4.69, 9.17) is 0 Å². The molecule has 1 fully saturated rings. The molecular formula is C11H19N3. The van der Waals surface area contributed by atoms with E-state index in [2.05, 4.69) is 23.4 Å². The van der Waals surface area contributed by atoms with E-state index < -0.39 is 0 Å². The van der Waals surface area contributed by atoms with Crippen LogP contribution in [0.2, 0.25) is 0 Å². The molecule has 1 N–H and O–H groups in total. The summed E-state index contributed by atoms with van der Waals surface area (Å²) in [6, 6.07) is 2.76. The minimum Gasteiger partial charge on any atom is -0.309 e. The highest BCUT2D eigenvalue weighted by Crippen LogP contribution is 2.22. The molecule has 1 saturated heterocycles. The predicted octanol–water partition coefficient (Wildman–Crippen LogP) is 1.80. The third-order valence-electron chi connectivity index (χ3n) is 2.92. The number of hydrogen-bond donors (Lipinski definition) is 1. The molecule has 0 aromatic carbocycles. The van der Waals surface area contributed by atoms with Crippen LogP contribution in [0.25, 0.3) is 0 Å². The van der Waals surface area contributed by atoms with E-state index in [-0.39, 0.29) is 0 Å². The third kappa shape index (κ3) is 1.82. The van der Waals surface area contributed by atoms with Gasteiger partial charge >= 0.3 is 0 Å². The average molecular weight is 193 g/mol. The van der Waals surface area contributed by atoms with Gasteiger partial charge in [-0.15, -0.1) is 0 Å². The molecule has 1 aliphatic heterocycles. The fraction of sp³-hybridized carbons (Fsp3) is 0.727. The maximum absolute atomic E-state index is 4.57. The Kier molecular flexibility index (Phi) is 2.87. The van der Waals surface area contributed by atoms with Gasteiger partial charge in [0, 0.05) is 12.7 Å². The monoisotopic (exact) mass is 193 g/mol. The molecular weight excluding hydrogens is 174 g/mol.